The Morgan fingerprint density at radius 3 is 2.79 bits per heavy atom. The van der Waals surface area contributed by atoms with Crippen molar-refractivity contribution in [3.05, 3.63) is 65.5 Å². The number of rotatable bonds is 4. The Bertz CT molecular complexity index is 687. The van der Waals surface area contributed by atoms with Gasteiger partial charge in [0.2, 0.25) is 5.91 Å². The Hall–Kier alpha value is -2.20. The number of hydrogen-bond acceptors (Lipinski definition) is 3. The molecule has 24 heavy (non-hydrogen) atoms. The van der Waals surface area contributed by atoms with E-state index in [-0.39, 0.29) is 11.9 Å². The first-order valence-corrected chi connectivity index (χ1v) is 8.56. The molecule has 0 saturated carbocycles. The van der Waals surface area contributed by atoms with E-state index in [2.05, 4.69) is 17.1 Å². The van der Waals surface area contributed by atoms with Crippen LogP contribution in [0, 0.1) is 6.92 Å². The van der Waals surface area contributed by atoms with Gasteiger partial charge in [-0.25, -0.2) is 0 Å². The van der Waals surface area contributed by atoms with Gasteiger partial charge in [-0.05, 0) is 49.4 Å². The zero-order valence-corrected chi connectivity index (χ0v) is 14.1. The number of carbonyl (C=O) groups excluding carboxylic acids is 1. The zero-order valence-electron chi connectivity index (χ0n) is 14.1. The van der Waals surface area contributed by atoms with Crippen molar-refractivity contribution in [1.29, 1.82) is 0 Å². The number of aromatic nitrogens is 1. The van der Waals surface area contributed by atoms with E-state index in [0.717, 1.165) is 36.2 Å². The van der Waals surface area contributed by atoms with Crippen LogP contribution in [0.1, 0.15) is 29.7 Å². The fourth-order valence-corrected chi connectivity index (χ4v) is 3.44. The fraction of sp³-hybridized carbons (Fsp3) is 0.400. The van der Waals surface area contributed by atoms with Crippen LogP contribution in [0.25, 0.3) is 0 Å². The molecule has 0 radical (unpaired) electrons. The molecule has 2 atom stereocenters. The quantitative estimate of drug-likeness (QED) is 0.940. The second-order valence-corrected chi connectivity index (χ2v) is 6.54. The average molecular weight is 324 g/mol. The number of pyridine rings is 1. The first-order chi connectivity index (χ1) is 11.6. The standard InChI is InChI=1S/C20H24N2O2/c1-15-12-17(9-10-21-15)14-20(24)22-11-5-8-19(23)18(22)13-16-6-3-2-4-7-16/h2-4,6-7,9-10,12,18-19,23H,5,8,11,13-14H2,1H3/t18-,19-/m0/s1. The molecule has 4 nitrogen and oxygen atoms in total. The molecule has 4 heteroatoms. The van der Waals surface area contributed by atoms with Crippen LogP contribution in [0.4, 0.5) is 0 Å². The number of likely N-dealkylation sites (tertiary alicyclic amines) is 1. The summed E-state index contributed by atoms with van der Waals surface area (Å²) >= 11 is 0. The third-order valence-electron chi connectivity index (χ3n) is 4.67. The van der Waals surface area contributed by atoms with Crippen LogP contribution in [-0.2, 0) is 17.6 Å². The number of benzene rings is 1. The molecule has 2 heterocycles. The van der Waals surface area contributed by atoms with Crippen LogP contribution < -0.4 is 0 Å². The molecule has 1 amide bonds. The van der Waals surface area contributed by atoms with Crippen molar-refractivity contribution in [2.75, 3.05) is 6.54 Å². The molecule has 0 aliphatic carbocycles. The summed E-state index contributed by atoms with van der Waals surface area (Å²) in [7, 11) is 0. The lowest BCUT2D eigenvalue weighted by molar-refractivity contribution is -0.138. The largest absolute Gasteiger partial charge is 0.391 e. The minimum Gasteiger partial charge on any atom is -0.391 e. The Labute approximate surface area is 143 Å². The third kappa shape index (κ3) is 4.01. The lowest BCUT2D eigenvalue weighted by atomic mass is 9.92. The van der Waals surface area contributed by atoms with Gasteiger partial charge in [0.15, 0.2) is 0 Å². The highest BCUT2D eigenvalue weighted by Crippen LogP contribution is 2.22. The number of aryl methyl sites for hydroxylation is 1. The molecule has 0 spiro atoms. The Balaban J connectivity index is 1.74. The van der Waals surface area contributed by atoms with E-state index in [1.165, 1.54) is 0 Å². The summed E-state index contributed by atoms with van der Waals surface area (Å²) in [5.41, 5.74) is 3.05. The minimum absolute atomic E-state index is 0.0836. The third-order valence-corrected chi connectivity index (χ3v) is 4.67. The molecule has 126 valence electrons. The van der Waals surface area contributed by atoms with E-state index < -0.39 is 6.10 Å². The van der Waals surface area contributed by atoms with Gasteiger partial charge in [0.1, 0.15) is 0 Å². The topological polar surface area (TPSA) is 53.4 Å². The van der Waals surface area contributed by atoms with Crippen molar-refractivity contribution in [1.82, 2.24) is 9.88 Å². The van der Waals surface area contributed by atoms with E-state index in [1.54, 1.807) is 6.20 Å². The Morgan fingerprint density at radius 1 is 1.25 bits per heavy atom. The second-order valence-electron chi connectivity index (χ2n) is 6.54. The molecule has 2 aromatic rings. The summed E-state index contributed by atoms with van der Waals surface area (Å²) < 4.78 is 0. The smallest absolute Gasteiger partial charge is 0.227 e. The lowest BCUT2D eigenvalue weighted by Crippen LogP contribution is -2.52. The number of piperidine rings is 1. The van der Waals surface area contributed by atoms with Gasteiger partial charge >= 0.3 is 0 Å². The molecule has 1 aliphatic heterocycles. The van der Waals surface area contributed by atoms with E-state index in [4.69, 9.17) is 0 Å². The normalized spacial score (nSPS) is 20.8. The lowest BCUT2D eigenvalue weighted by Gasteiger charge is -2.39. The maximum atomic E-state index is 12.8. The number of amides is 1. The molecule has 1 aliphatic rings. The number of hydrogen-bond donors (Lipinski definition) is 1. The van der Waals surface area contributed by atoms with Crippen LogP contribution in [0.3, 0.4) is 0 Å². The summed E-state index contributed by atoms with van der Waals surface area (Å²) in [5, 5.41) is 10.5. The van der Waals surface area contributed by atoms with Crippen LogP contribution in [0.2, 0.25) is 0 Å². The van der Waals surface area contributed by atoms with Crippen LogP contribution >= 0.6 is 0 Å². The molecule has 1 aromatic heterocycles. The summed E-state index contributed by atoms with van der Waals surface area (Å²) in [6, 6.07) is 13.8. The summed E-state index contributed by atoms with van der Waals surface area (Å²) in [5.74, 6) is 0.0836. The highest BCUT2D eigenvalue weighted by Gasteiger charge is 2.33. The SMILES string of the molecule is Cc1cc(CC(=O)N2CCC[C@H](O)[C@@H]2Cc2ccccc2)ccn1. The number of aliphatic hydroxyl groups is 1. The molecule has 1 fully saturated rings. The van der Waals surface area contributed by atoms with E-state index in [1.807, 2.05) is 42.2 Å². The summed E-state index contributed by atoms with van der Waals surface area (Å²) in [6.07, 6.45) is 3.96. The summed E-state index contributed by atoms with van der Waals surface area (Å²) in [4.78, 5) is 18.9. The Kier molecular flexibility index (Phi) is 5.26. The van der Waals surface area contributed by atoms with Gasteiger partial charge in [-0.15, -0.1) is 0 Å². The highest BCUT2D eigenvalue weighted by molar-refractivity contribution is 5.79. The maximum absolute atomic E-state index is 12.8. The van der Waals surface area contributed by atoms with Crippen molar-refractivity contribution in [3.63, 3.8) is 0 Å². The zero-order chi connectivity index (χ0) is 16.9. The predicted molar refractivity (Wildman–Crippen MR) is 93.6 cm³/mol. The van der Waals surface area contributed by atoms with Crippen LogP contribution in [0.5, 0.6) is 0 Å². The van der Waals surface area contributed by atoms with Crippen molar-refractivity contribution in [2.24, 2.45) is 0 Å². The van der Waals surface area contributed by atoms with Gasteiger partial charge in [-0.2, -0.15) is 0 Å². The number of nitrogens with zero attached hydrogens (tertiary/aromatic N) is 2. The molecule has 1 N–H and O–H groups in total. The second kappa shape index (κ2) is 7.58. The number of aliphatic hydroxyl groups excluding tert-OH is 1. The predicted octanol–water partition coefficient (Wildman–Crippen LogP) is 2.53. The first kappa shape index (κ1) is 16.7. The fourth-order valence-electron chi connectivity index (χ4n) is 3.44. The van der Waals surface area contributed by atoms with Gasteiger partial charge in [0, 0.05) is 18.4 Å². The maximum Gasteiger partial charge on any atom is 0.227 e. The number of carbonyl (C=O) groups is 1. The Morgan fingerprint density at radius 2 is 2.04 bits per heavy atom. The first-order valence-electron chi connectivity index (χ1n) is 8.56. The van der Waals surface area contributed by atoms with Crippen molar-refractivity contribution in [3.8, 4) is 0 Å². The molecule has 1 saturated heterocycles. The van der Waals surface area contributed by atoms with Gasteiger partial charge in [-0.3, -0.25) is 9.78 Å². The monoisotopic (exact) mass is 324 g/mol. The van der Waals surface area contributed by atoms with E-state index in [9.17, 15) is 9.90 Å². The average Bonchev–Trinajstić information content (AvgIpc) is 2.57. The van der Waals surface area contributed by atoms with E-state index in [0.29, 0.717) is 12.8 Å². The van der Waals surface area contributed by atoms with Gasteiger partial charge in [-0.1, -0.05) is 30.3 Å². The molecule has 0 unspecified atom stereocenters. The van der Waals surface area contributed by atoms with Crippen LogP contribution in [-0.4, -0.2) is 39.6 Å². The molecule has 1 aromatic carbocycles. The van der Waals surface area contributed by atoms with E-state index >= 15 is 0 Å². The van der Waals surface area contributed by atoms with Gasteiger partial charge in [0.25, 0.3) is 0 Å². The summed E-state index contributed by atoms with van der Waals surface area (Å²) in [6.45, 7) is 2.65. The van der Waals surface area contributed by atoms with Crippen LogP contribution in [0.15, 0.2) is 48.7 Å². The molecular formula is C20H24N2O2. The van der Waals surface area contributed by atoms with Crippen molar-refractivity contribution < 1.29 is 9.90 Å². The minimum atomic E-state index is -0.456. The van der Waals surface area contributed by atoms with Crippen molar-refractivity contribution >= 4 is 5.91 Å². The van der Waals surface area contributed by atoms with Crippen molar-refractivity contribution in [2.45, 2.75) is 44.8 Å². The molecule has 3 rings (SSSR count). The van der Waals surface area contributed by atoms with Gasteiger partial charge < -0.3 is 10.0 Å². The van der Waals surface area contributed by atoms with Gasteiger partial charge in [0.05, 0.1) is 18.6 Å². The molecule has 0 bridgehead atoms. The highest BCUT2D eigenvalue weighted by atomic mass is 16.3. The molecular weight excluding hydrogens is 300 g/mol.